The monoisotopic (exact) mass is 400 g/mol. The summed E-state index contributed by atoms with van der Waals surface area (Å²) in [6, 6.07) is 10.2. The first-order chi connectivity index (χ1) is 13.3. The molecule has 3 rings (SSSR count). The first kappa shape index (κ1) is 19.8. The van der Waals surface area contributed by atoms with E-state index < -0.39 is 29.9 Å². The molecular formula is C20H21ClN4O3. The van der Waals surface area contributed by atoms with Crippen LogP contribution in [0.5, 0.6) is 0 Å². The number of nitrogens with zero attached hydrogens (tertiary/aromatic N) is 2. The van der Waals surface area contributed by atoms with Gasteiger partial charge in [-0.1, -0.05) is 49.2 Å². The number of imide groups is 1. The Hall–Kier alpha value is -2.93. The summed E-state index contributed by atoms with van der Waals surface area (Å²) in [5.74, 6) is -1.02. The summed E-state index contributed by atoms with van der Waals surface area (Å²) in [7, 11) is 0. The Bertz CT molecular complexity index is 916. The number of benzene rings is 1. The van der Waals surface area contributed by atoms with E-state index in [-0.39, 0.29) is 5.15 Å². The Morgan fingerprint density at radius 3 is 2.61 bits per heavy atom. The summed E-state index contributed by atoms with van der Waals surface area (Å²) in [4.78, 5) is 42.4. The van der Waals surface area contributed by atoms with E-state index in [1.54, 1.807) is 19.1 Å². The normalized spacial score (nSPS) is 18.9. The summed E-state index contributed by atoms with van der Waals surface area (Å²) in [6.07, 6.45) is 3.46. The first-order valence-corrected chi connectivity index (χ1v) is 9.37. The third-order valence-electron chi connectivity index (χ3n) is 4.68. The molecule has 28 heavy (non-hydrogen) atoms. The molecule has 8 heteroatoms. The SMILES string of the molecule is CCCc1ccc(C2(C)NC(=O)N(CC(=O)Nc3cccnc3Cl)C2=O)cc1. The maximum absolute atomic E-state index is 12.9. The molecule has 2 aromatic rings. The van der Waals surface area contributed by atoms with Gasteiger partial charge in [0.25, 0.3) is 5.91 Å². The fraction of sp³-hybridized carbons (Fsp3) is 0.300. The summed E-state index contributed by atoms with van der Waals surface area (Å²) < 4.78 is 0. The van der Waals surface area contributed by atoms with E-state index in [2.05, 4.69) is 22.5 Å². The Morgan fingerprint density at radius 2 is 1.96 bits per heavy atom. The largest absolute Gasteiger partial charge is 0.325 e. The molecule has 1 aromatic heterocycles. The van der Waals surface area contributed by atoms with Gasteiger partial charge in [0.1, 0.15) is 12.1 Å². The molecule has 2 heterocycles. The van der Waals surface area contributed by atoms with Gasteiger partial charge in [0, 0.05) is 6.20 Å². The lowest BCUT2D eigenvalue weighted by molar-refractivity contribution is -0.133. The number of hydrogen-bond acceptors (Lipinski definition) is 4. The topological polar surface area (TPSA) is 91.4 Å². The van der Waals surface area contributed by atoms with Crippen molar-refractivity contribution in [2.45, 2.75) is 32.2 Å². The van der Waals surface area contributed by atoms with Crippen LogP contribution in [-0.2, 0) is 21.5 Å². The zero-order valence-corrected chi connectivity index (χ0v) is 16.4. The van der Waals surface area contributed by atoms with Gasteiger partial charge in [0.15, 0.2) is 5.15 Å². The van der Waals surface area contributed by atoms with Crippen molar-refractivity contribution < 1.29 is 14.4 Å². The lowest BCUT2D eigenvalue weighted by Gasteiger charge is -2.22. The van der Waals surface area contributed by atoms with Gasteiger partial charge in [-0.15, -0.1) is 0 Å². The Morgan fingerprint density at radius 1 is 1.25 bits per heavy atom. The minimum Gasteiger partial charge on any atom is -0.322 e. The second-order valence-electron chi connectivity index (χ2n) is 6.78. The van der Waals surface area contributed by atoms with Crippen molar-refractivity contribution in [2.24, 2.45) is 0 Å². The van der Waals surface area contributed by atoms with E-state index >= 15 is 0 Å². The number of halogens is 1. The molecule has 1 fully saturated rings. The number of urea groups is 1. The fourth-order valence-electron chi connectivity index (χ4n) is 3.14. The van der Waals surface area contributed by atoms with Crippen LogP contribution < -0.4 is 10.6 Å². The van der Waals surface area contributed by atoms with Crippen LogP contribution in [-0.4, -0.2) is 34.3 Å². The zero-order chi connectivity index (χ0) is 20.3. The molecule has 7 nitrogen and oxygen atoms in total. The first-order valence-electron chi connectivity index (χ1n) is 8.99. The number of aryl methyl sites for hydroxylation is 1. The lowest BCUT2D eigenvalue weighted by Crippen LogP contribution is -2.42. The van der Waals surface area contributed by atoms with Crippen LogP contribution in [0.15, 0.2) is 42.6 Å². The second-order valence-corrected chi connectivity index (χ2v) is 7.14. The number of hydrogen-bond donors (Lipinski definition) is 2. The molecule has 1 aromatic carbocycles. The molecule has 1 atom stereocenters. The summed E-state index contributed by atoms with van der Waals surface area (Å²) in [5.41, 5.74) is 0.934. The highest BCUT2D eigenvalue weighted by molar-refractivity contribution is 6.32. The predicted octanol–water partition coefficient (Wildman–Crippen LogP) is 3.09. The Labute approximate surface area is 168 Å². The van der Waals surface area contributed by atoms with Crippen molar-refractivity contribution in [1.82, 2.24) is 15.2 Å². The van der Waals surface area contributed by atoms with E-state index in [0.29, 0.717) is 11.3 Å². The summed E-state index contributed by atoms with van der Waals surface area (Å²) in [6.45, 7) is 3.31. The number of pyridine rings is 1. The van der Waals surface area contributed by atoms with E-state index in [1.807, 2.05) is 24.3 Å². The molecule has 0 bridgehead atoms. The number of carbonyl (C=O) groups excluding carboxylic acids is 3. The molecule has 1 aliphatic heterocycles. The molecule has 0 radical (unpaired) electrons. The fourth-order valence-corrected chi connectivity index (χ4v) is 3.31. The third-order valence-corrected chi connectivity index (χ3v) is 4.98. The van der Waals surface area contributed by atoms with Crippen molar-refractivity contribution >= 4 is 35.1 Å². The van der Waals surface area contributed by atoms with Crippen LogP contribution in [0, 0.1) is 0 Å². The van der Waals surface area contributed by atoms with Crippen LogP contribution in [0.4, 0.5) is 10.5 Å². The van der Waals surface area contributed by atoms with Crippen LogP contribution in [0.1, 0.15) is 31.4 Å². The molecule has 0 spiro atoms. The minimum atomic E-state index is -1.21. The van der Waals surface area contributed by atoms with E-state index in [9.17, 15) is 14.4 Å². The highest BCUT2D eigenvalue weighted by Gasteiger charge is 2.49. The highest BCUT2D eigenvalue weighted by Crippen LogP contribution is 2.29. The third kappa shape index (κ3) is 3.84. The summed E-state index contributed by atoms with van der Waals surface area (Å²) >= 11 is 5.92. The van der Waals surface area contributed by atoms with Crippen molar-refractivity contribution in [3.63, 3.8) is 0 Å². The molecule has 0 saturated carbocycles. The smallest absolute Gasteiger partial charge is 0.322 e. The average molecular weight is 401 g/mol. The van der Waals surface area contributed by atoms with Crippen LogP contribution in [0.2, 0.25) is 5.15 Å². The quantitative estimate of drug-likeness (QED) is 0.575. The van der Waals surface area contributed by atoms with Crippen molar-refractivity contribution in [3.05, 3.63) is 58.9 Å². The van der Waals surface area contributed by atoms with E-state index in [1.165, 1.54) is 6.20 Å². The highest BCUT2D eigenvalue weighted by atomic mass is 35.5. The molecule has 1 aliphatic rings. The van der Waals surface area contributed by atoms with Gasteiger partial charge in [0.2, 0.25) is 5.91 Å². The van der Waals surface area contributed by atoms with Gasteiger partial charge in [-0.25, -0.2) is 9.78 Å². The van der Waals surface area contributed by atoms with Crippen LogP contribution >= 0.6 is 11.6 Å². The van der Waals surface area contributed by atoms with Crippen molar-refractivity contribution in [1.29, 1.82) is 0 Å². The molecule has 146 valence electrons. The number of aromatic nitrogens is 1. The Balaban J connectivity index is 1.73. The number of anilines is 1. The van der Waals surface area contributed by atoms with E-state index in [0.717, 1.165) is 23.3 Å². The number of carbonyl (C=O) groups is 3. The predicted molar refractivity (Wildman–Crippen MR) is 106 cm³/mol. The van der Waals surface area contributed by atoms with Gasteiger partial charge >= 0.3 is 6.03 Å². The van der Waals surface area contributed by atoms with Crippen molar-refractivity contribution in [3.8, 4) is 0 Å². The number of rotatable bonds is 6. The van der Waals surface area contributed by atoms with Gasteiger partial charge in [-0.05, 0) is 36.6 Å². The molecule has 4 amide bonds. The molecule has 2 N–H and O–H groups in total. The minimum absolute atomic E-state index is 0.130. The zero-order valence-electron chi connectivity index (χ0n) is 15.7. The van der Waals surface area contributed by atoms with Gasteiger partial charge in [-0.3, -0.25) is 14.5 Å². The number of nitrogens with one attached hydrogen (secondary N) is 2. The maximum atomic E-state index is 12.9. The van der Waals surface area contributed by atoms with Crippen LogP contribution in [0.3, 0.4) is 0 Å². The Kier molecular flexibility index (Phi) is 5.65. The second kappa shape index (κ2) is 7.98. The molecule has 1 saturated heterocycles. The molecule has 1 unspecified atom stereocenters. The van der Waals surface area contributed by atoms with Crippen LogP contribution in [0.25, 0.3) is 0 Å². The average Bonchev–Trinajstić information content (AvgIpc) is 2.88. The number of amides is 4. The van der Waals surface area contributed by atoms with Crippen molar-refractivity contribution in [2.75, 3.05) is 11.9 Å². The lowest BCUT2D eigenvalue weighted by atomic mass is 9.91. The van der Waals surface area contributed by atoms with Gasteiger partial charge in [0.05, 0.1) is 5.69 Å². The van der Waals surface area contributed by atoms with Gasteiger partial charge in [-0.2, -0.15) is 0 Å². The van der Waals surface area contributed by atoms with E-state index in [4.69, 9.17) is 11.6 Å². The standard InChI is InChI=1S/C20H21ClN4O3/c1-3-5-13-7-9-14(10-8-13)20(2)18(27)25(19(28)24-20)12-16(26)23-15-6-4-11-22-17(15)21/h4,6-11H,3,5,12H2,1-2H3,(H,23,26)(H,24,28). The molecule has 0 aliphatic carbocycles. The van der Waals surface area contributed by atoms with Gasteiger partial charge < -0.3 is 10.6 Å². The molecular weight excluding hydrogens is 380 g/mol. The summed E-state index contributed by atoms with van der Waals surface area (Å²) in [5, 5.41) is 5.39. The maximum Gasteiger partial charge on any atom is 0.325 e.